The molecule has 0 saturated heterocycles. The van der Waals surface area contributed by atoms with Gasteiger partial charge in [0.25, 0.3) is 11.2 Å². The van der Waals surface area contributed by atoms with E-state index in [1.165, 1.54) is 23.0 Å². The monoisotopic (exact) mass is 244 g/mol. The summed E-state index contributed by atoms with van der Waals surface area (Å²) < 4.78 is 1.35. The Bertz CT molecular complexity index is 846. The lowest BCUT2D eigenvalue weighted by Crippen LogP contribution is -2.11. The number of benzene rings is 1. The van der Waals surface area contributed by atoms with Crippen molar-refractivity contribution in [2.45, 2.75) is 0 Å². The molecular formula is C11H8N4O3. The number of aromatic amines is 1. The van der Waals surface area contributed by atoms with Crippen molar-refractivity contribution >= 4 is 27.5 Å². The van der Waals surface area contributed by atoms with Crippen LogP contribution in [0.15, 0.2) is 29.2 Å². The number of nitro groups is 1. The normalized spacial score (nSPS) is 11.2. The third-order valence-corrected chi connectivity index (χ3v) is 2.88. The molecule has 0 fully saturated rings. The van der Waals surface area contributed by atoms with Crippen LogP contribution >= 0.6 is 0 Å². The minimum Gasteiger partial charge on any atom is -0.294 e. The Kier molecular flexibility index (Phi) is 1.97. The molecule has 0 aliphatic rings. The summed E-state index contributed by atoms with van der Waals surface area (Å²) in [4.78, 5) is 26.0. The van der Waals surface area contributed by atoms with Crippen LogP contribution in [-0.2, 0) is 7.05 Å². The highest BCUT2D eigenvalue weighted by Gasteiger charge is 2.12. The van der Waals surface area contributed by atoms with Crippen LogP contribution in [0.1, 0.15) is 0 Å². The molecule has 0 radical (unpaired) electrons. The van der Waals surface area contributed by atoms with Crippen LogP contribution in [0, 0.1) is 10.1 Å². The van der Waals surface area contributed by atoms with Crippen molar-refractivity contribution < 1.29 is 4.92 Å². The van der Waals surface area contributed by atoms with Gasteiger partial charge >= 0.3 is 0 Å². The van der Waals surface area contributed by atoms with E-state index in [2.05, 4.69) is 10.1 Å². The lowest BCUT2D eigenvalue weighted by atomic mass is 10.1. The smallest absolute Gasteiger partial charge is 0.275 e. The van der Waals surface area contributed by atoms with E-state index in [0.29, 0.717) is 21.8 Å². The molecular weight excluding hydrogens is 236 g/mol. The van der Waals surface area contributed by atoms with E-state index in [1.807, 2.05) is 0 Å². The van der Waals surface area contributed by atoms with Gasteiger partial charge in [-0.25, -0.2) is 0 Å². The largest absolute Gasteiger partial charge is 0.294 e. The van der Waals surface area contributed by atoms with Crippen molar-refractivity contribution in [1.82, 2.24) is 14.8 Å². The summed E-state index contributed by atoms with van der Waals surface area (Å²) in [5.41, 5.74) is 0.936. The van der Waals surface area contributed by atoms with Gasteiger partial charge in [0.2, 0.25) is 0 Å². The number of nitrogens with zero attached hydrogens (tertiary/aromatic N) is 3. The highest BCUT2D eigenvalue weighted by atomic mass is 16.6. The first-order valence-corrected chi connectivity index (χ1v) is 5.20. The maximum Gasteiger partial charge on any atom is 0.275 e. The second-order valence-corrected chi connectivity index (χ2v) is 3.98. The highest BCUT2D eigenvalue weighted by Crippen LogP contribution is 2.23. The van der Waals surface area contributed by atoms with E-state index in [9.17, 15) is 14.9 Å². The van der Waals surface area contributed by atoms with Crippen LogP contribution in [0.4, 0.5) is 5.69 Å². The minimum atomic E-state index is -0.473. The molecule has 0 atom stereocenters. The van der Waals surface area contributed by atoms with Crippen molar-refractivity contribution in [3.05, 3.63) is 44.9 Å². The van der Waals surface area contributed by atoms with Crippen molar-refractivity contribution in [2.75, 3.05) is 0 Å². The topological polar surface area (TPSA) is 93.8 Å². The molecule has 7 nitrogen and oxygen atoms in total. The van der Waals surface area contributed by atoms with Gasteiger partial charge in [-0.15, -0.1) is 0 Å². The van der Waals surface area contributed by atoms with Crippen LogP contribution in [0.25, 0.3) is 21.8 Å². The Balaban J connectivity index is 2.45. The van der Waals surface area contributed by atoms with Gasteiger partial charge in [0, 0.05) is 30.8 Å². The fourth-order valence-electron chi connectivity index (χ4n) is 1.98. The van der Waals surface area contributed by atoms with Crippen molar-refractivity contribution in [1.29, 1.82) is 0 Å². The molecule has 0 saturated carbocycles. The van der Waals surface area contributed by atoms with Gasteiger partial charge in [-0.2, -0.15) is 0 Å². The minimum absolute atomic E-state index is 0.0207. The average Bonchev–Trinajstić information content (AvgIpc) is 2.65. The van der Waals surface area contributed by atoms with E-state index in [0.717, 1.165) is 0 Å². The van der Waals surface area contributed by atoms with Gasteiger partial charge in [-0.1, -0.05) is 0 Å². The number of nitro benzene ring substituents is 1. The molecule has 0 aliphatic carbocycles. The summed E-state index contributed by atoms with van der Waals surface area (Å²) >= 11 is 0. The van der Waals surface area contributed by atoms with Crippen LogP contribution in [0.5, 0.6) is 0 Å². The van der Waals surface area contributed by atoms with Crippen LogP contribution < -0.4 is 5.56 Å². The number of aromatic nitrogens is 3. The lowest BCUT2D eigenvalue weighted by molar-refractivity contribution is -0.384. The molecule has 0 aliphatic heterocycles. The SMILES string of the molecule is Cn1[nH]c2c(cnc3cc([N+](=O)[O-])ccc32)c1=O. The number of hydrogen-bond donors (Lipinski definition) is 1. The molecule has 0 spiro atoms. The predicted octanol–water partition coefficient (Wildman–Crippen LogP) is 1.32. The summed E-state index contributed by atoms with van der Waals surface area (Å²) in [6, 6.07) is 4.38. The van der Waals surface area contributed by atoms with Crippen molar-refractivity contribution in [3.8, 4) is 0 Å². The second kappa shape index (κ2) is 3.39. The number of aryl methyl sites for hydroxylation is 1. The maximum absolute atomic E-state index is 11.7. The molecule has 0 unspecified atom stereocenters. The zero-order valence-electron chi connectivity index (χ0n) is 9.38. The first-order chi connectivity index (χ1) is 8.58. The average molecular weight is 244 g/mol. The highest BCUT2D eigenvalue weighted by molar-refractivity contribution is 6.03. The zero-order valence-corrected chi connectivity index (χ0v) is 9.38. The summed E-state index contributed by atoms with van der Waals surface area (Å²) in [6.45, 7) is 0. The molecule has 1 aromatic carbocycles. The maximum atomic E-state index is 11.7. The molecule has 1 N–H and O–H groups in total. The van der Waals surface area contributed by atoms with Crippen molar-refractivity contribution in [2.24, 2.45) is 7.05 Å². The number of rotatable bonds is 1. The summed E-state index contributed by atoms with van der Waals surface area (Å²) in [6.07, 6.45) is 1.43. The molecule has 90 valence electrons. The number of hydrogen-bond acceptors (Lipinski definition) is 4. The Hall–Kier alpha value is -2.70. The molecule has 2 heterocycles. The van der Waals surface area contributed by atoms with E-state index in [1.54, 1.807) is 13.1 Å². The van der Waals surface area contributed by atoms with E-state index < -0.39 is 4.92 Å². The van der Waals surface area contributed by atoms with Gasteiger partial charge in [0.15, 0.2) is 0 Å². The van der Waals surface area contributed by atoms with Gasteiger partial charge < -0.3 is 0 Å². The number of H-pyrrole nitrogens is 1. The Morgan fingerprint density at radius 3 is 2.89 bits per heavy atom. The Morgan fingerprint density at radius 2 is 2.17 bits per heavy atom. The van der Waals surface area contributed by atoms with E-state index in [-0.39, 0.29) is 11.2 Å². The molecule has 3 rings (SSSR count). The predicted molar refractivity (Wildman–Crippen MR) is 65.5 cm³/mol. The lowest BCUT2D eigenvalue weighted by Gasteiger charge is -1.98. The molecule has 0 amide bonds. The molecule has 0 bridgehead atoms. The molecule has 18 heavy (non-hydrogen) atoms. The van der Waals surface area contributed by atoms with E-state index in [4.69, 9.17) is 0 Å². The molecule has 2 aromatic heterocycles. The van der Waals surface area contributed by atoms with Crippen molar-refractivity contribution in [3.63, 3.8) is 0 Å². The Labute approximate surface area is 99.8 Å². The first kappa shape index (κ1) is 10.5. The summed E-state index contributed by atoms with van der Waals surface area (Å²) in [7, 11) is 1.61. The van der Waals surface area contributed by atoms with Crippen LogP contribution in [0.3, 0.4) is 0 Å². The zero-order chi connectivity index (χ0) is 12.9. The molecule has 3 aromatic rings. The van der Waals surface area contributed by atoms with E-state index >= 15 is 0 Å². The third-order valence-electron chi connectivity index (χ3n) is 2.88. The fourth-order valence-corrected chi connectivity index (χ4v) is 1.98. The second-order valence-electron chi connectivity index (χ2n) is 3.98. The number of non-ortho nitro benzene ring substituents is 1. The van der Waals surface area contributed by atoms with Gasteiger partial charge in [0.05, 0.1) is 21.3 Å². The molecule has 7 heteroatoms. The van der Waals surface area contributed by atoms with Gasteiger partial charge in [-0.05, 0) is 6.07 Å². The fraction of sp³-hybridized carbons (Fsp3) is 0.0909. The number of nitrogens with one attached hydrogen (secondary N) is 1. The number of fused-ring (bicyclic) bond motifs is 3. The summed E-state index contributed by atoms with van der Waals surface area (Å²) in [5.74, 6) is 0. The standard InChI is InChI=1S/C11H8N4O3/c1-14-11(16)8-5-12-9-4-6(15(17)18)2-3-7(9)10(8)13-14/h2-5,13H,1H3. The summed E-state index contributed by atoms with van der Waals surface area (Å²) in [5, 5.41) is 14.8. The number of pyridine rings is 1. The third kappa shape index (κ3) is 1.30. The van der Waals surface area contributed by atoms with Crippen LogP contribution in [0.2, 0.25) is 0 Å². The van der Waals surface area contributed by atoms with Gasteiger partial charge in [-0.3, -0.25) is 29.7 Å². The Morgan fingerprint density at radius 1 is 1.39 bits per heavy atom. The first-order valence-electron chi connectivity index (χ1n) is 5.20. The van der Waals surface area contributed by atoms with Crippen LogP contribution in [-0.4, -0.2) is 19.7 Å². The quantitative estimate of drug-likeness (QED) is 0.516. The van der Waals surface area contributed by atoms with Gasteiger partial charge in [0.1, 0.15) is 0 Å².